The Morgan fingerprint density at radius 2 is 2.08 bits per heavy atom. The van der Waals surface area contributed by atoms with Crippen molar-refractivity contribution in [1.29, 1.82) is 5.26 Å². The molecule has 0 aliphatic rings. The smallest absolute Gasteiger partial charge is 0.123 e. The number of nitrogens with zero attached hydrogens (tertiary/aromatic N) is 1. The second-order valence-electron chi connectivity index (χ2n) is 2.24. The third-order valence-electron chi connectivity index (χ3n) is 1.35. The van der Waals surface area contributed by atoms with Crippen LogP contribution < -0.4 is 0 Å². The molecular weight excluding hydrogens is 205 g/mol. The average molecular weight is 211 g/mol. The van der Waals surface area contributed by atoms with Crippen molar-refractivity contribution in [2.75, 3.05) is 5.75 Å². The third kappa shape index (κ3) is 3.13. The van der Waals surface area contributed by atoms with E-state index in [0.717, 1.165) is 5.56 Å². The summed E-state index contributed by atoms with van der Waals surface area (Å²) in [5.41, 5.74) is 0.789. The van der Waals surface area contributed by atoms with Crippen molar-refractivity contribution in [1.82, 2.24) is 0 Å². The highest BCUT2D eigenvalue weighted by Gasteiger charge is 2.00. The molecule has 1 nitrogen and oxygen atoms in total. The van der Waals surface area contributed by atoms with E-state index in [0.29, 0.717) is 9.95 Å². The highest BCUT2D eigenvalue weighted by molar-refractivity contribution is 8.23. The van der Waals surface area contributed by atoms with Crippen LogP contribution in [0.1, 0.15) is 5.56 Å². The van der Waals surface area contributed by atoms with E-state index in [2.05, 4.69) is 0 Å². The highest BCUT2D eigenvalue weighted by Crippen LogP contribution is 2.13. The number of halogens is 1. The zero-order chi connectivity index (χ0) is 9.68. The lowest BCUT2D eigenvalue weighted by Gasteiger charge is -1.99. The zero-order valence-electron chi connectivity index (χ0n) is 6.66. The molecule has 66 valence electrons. The van der Waals surface area contributed by atoms with Crippen LogP contribution in [0.2, 0.25) is 0 Å². The zero-order valence-corrected chi connectivity index (χ0v) is 8.29. The number of thioether (sulfide) groups is 1. The second kappa shape index (κ2) is 4.95. The van der Waals surface area contributed by atoms with Gasteiger partial charge in [0.2, 0.25) is 0 Å². The molecule has 0 radical (unpaired) electrons. The van der Waals surface area contributed by atoms with Gasteiger partial charge in [0.15, 0.2) is 0 Å². The van der Waals surface area contributed by atoms with E-state index in [9.17, 15) is 4.39 Å². The van der Waals surface area contributed by atoms with Crippen molar-refractivity contribution in [3.8, 4) is 6.07 Å². The predicted molar refractivity (Wildman–Crippen MR) is 56.2 cm³/mol. The molecule has 4 heteroatoms. The van der Waals surface area contributed by atoms with E-state index in [1.807, 2.05) is 6.07 Å². The Hall–Kier alpha value is -0.920. The molecule has 0 amide bonds. The first-order valence-corrected chi connectivity index (χ1v) is 4.93. The molecule has 1 rings (SSSR count). The maximum atomic E-state index is 12.5. The molecule has 0 aliphatic heterocycles. The van der Waals surface area contributed by atoms with E-state index in [1.165, 1.54) is 23.9 Å². The highest BCUT2D eigenvalue weighted by atomic mass is 32.2. The van der Waals surface area contributed by atoms with Gasteiger partial charge < -0.3 is 0 Å². The van der Waals surface area contributed by atoms with Crippen molar-refractivity contribution < 1.29 is 4.39 Å². The molecule has 1 aromatic carbocycles. The lowest BCUT2D eigenvalue weighted by atomic mass is 10.2. The van der Waals surface area contributed by atoms with Gasteiger partial charge in [-0.1, -0.05) is 36.1 Å². The monoisotopic (exact) mass is 211 g/mol. The number of hydrogen-bond acceptors (Lipinski definition) is 3. The minimum atomic E-state index is -0.281. The lowest BCUT2D eigenvalue weighted by Crippen LogP contribution is -1.92. The summed E-state index contributed by atoms with van der Waals surface area (Å²) < 4.78 is 13.1. The molecule has 1 aromatic rings. The van der Waals surface area contributed by atoms with Crippen LogP contribution in [0.3, 0.4) is 0 Å². The largest absolute Gasteiger partial charge is 0.207 e. The summed E-state index contributed by atoms with van der Waals surface area (Å²) in [5, 5.41) is 8.32. The van der Waals surface area contributed by atoms with E-state index in [1.54, 1.807) is 12.1 Å². The minimum absolute atomic E-state index is 0.281. The number of benzene rings is 1. The normalized spacial score (nSPS) is 9.23. The summed E-state index contributed by atoms with van der Waals surface area (Å²) in [5.74, 6) is 0.0489. The Labute approximate surface area is 85.6 Å². The summed E-state index contributed by atoms with van der Waals surface area (Å²) in [7, 11) is 0. The maximum Gasteiger partial charge on any atom is 0.123 e. The molecule has 0 saturated heterocycles. The first kappa shape index (κ1) is 10.2. The summed E-state index contributed by atoms with van der Waals surface area (Å²) in [6.45, 7) is 0. The molecule has 0 fully saturated rings. The summed E-state index contributed by atoms with van der Waals surface area (Å²) in [6, 6.07) is 7.92. The Balaban J connectivity index is 2.68. The first-order valence-electron chi connectivity index (χ1n) is 3.53. The van der Waals surface area contributed by atoms with Crippen molar-refractivity contribution in [2.24, 2.45) is 0 Å². The van der Waals surface area contributed by atoms with Crippen LogP contribution >= 0.6 is 24.0 Å². The third-order valence-corrected chi connectivity index (χ3v) is 2.71. The van der Waals surface area contributed by atoms with Gasteiger partial charge in [-0.05, 0) is 17.7 Å². The first-order chi connectivity index (χ1) is 6.24. The molecule has 13 heavy (non-hydrogen) atoms. The number of hydrogen-bond donors (Lipinski definition) is 0. The van der Waals surface area contributed by atoms with Crippen molar-refractivity contribution in [3.63, 3.8) is 0 Å². The summed E-state index contributed by atoms with van der Waals surface area (Å²) in [4.78, 5) is 0. The fraction of sp³-hybridized carbons (Fsp3) is 0.111. The standard InChI is InChI=1S/C9H6FNS2/c10-8-3-1-7(2-4-8)9(12)13-6-5-11/h1-4H,6H2. The molecule has 0 unspecified atom stereocenters. The quantitative estimate of drug-likeness (QED) is 0.703. The van der Waals surface area contributed by atoms with Crippen LogP contribution in [-0.2, 0) is 0 Å². The van der Waals surface area contributed by atoms with Gasteiger partial charge in [0, 0.05) is 0 Å². The van der Waals surface area contributed by atoms with E-state index in [4.69, 9.17) is 17.5 Å². The van der Waals surface area contributed by atoms with Gasteiger partial charge in [-0.15, -0.1) is 0 Å². The topological polar surface area (TPSA) is 23.8 Å². The van der Waals surface area contributed by atoms with Crippen molar-refractivity contribution in [2.45, 2.75) is 0 Å². The van der Waals surface area contributed by atoms with Crippen LogP contribution in [0.25, 0.3) is 0 Å². The Morgan fingerprint density at radius 3 is 2.62 bits per heavy atom. The van der Waals surface area contributed by atoms with Crippen LogP contribution in [-0.4, -0.2) is 9.95 Å². The summed E-state index contributed by atoms with van der Waals surface area (Å²) in [6.07, 6.45) is 0. The number of thiocarbonyl (C=S) groups is 1. The fourth-order valence-electron chi connectivity index (χ4n) is 0.767. The predicted octanol–water partition coefficient (Wildman–Crippen LogP) is 2.76. The van der Waals surface area contributed by atoms with Crippen LogP contribution in [0, 0.1) is 17.1 Å². The molecule has 0 bridgehead atoms. The maximum absolute atomic E-state index is 12.5. The molecule has 0 heterocycles. The number of nitriles is 1. The van der Waals surface area contributed by atoms with Crippen LogP contribution in [0.15, 0.2) is 24.3 Å². The molecule has 0 N–H and O–H groups in total. The van der Waals surface area contributed by atoms with Gasteiger partial charge >= 0.3 is 0 Å². The number of rotatable bonds is 2. The van der Waals surface area contributed by atoms with E-state index >= 15 is 0 Å². The van der Waals surface area contributed by atoms with Crippen molar-refractivity contribution >= 4 is 28.2 Å². The van der Waals surface area contributed by atoms with Gasteiger partial charge in [0.25, 0.3) is 0 Å². The SMILES string of the molecule is N#CCSC(=S)c1ccc(F)cc1. The molecule has 0 spiro atoms. The molecule has 0 aromatic heterocycles. The Kier molecular flexibility index (Phi) is 3.87. The van der Waals surface area contributed by atoms with Gasteiger partial charge in [0.05, 0.1) is 16.0 Å². The fourth-order valence-corrected chi connectivity index (χ4v) is 1.58. The molecule has 0 atom stereocenters. The second-order valence-corrected chi connectivity index (χ2v) is 3.89. The van der Waals surface area contributed by atoms with Crippen LogP contribution in [0.4, 0.5) is 4.39 Å². The Bertz CT molecular complexity index is 340. The molecule has 0 aliphatic carbocycles. The van der Waals surface area contributed by atoms with Gasteiger partial charge in [-0.3, -0.25) is 0 Å². The molecular formula is C9H6FNS2. The summed E-state index contributed by atoms with van der Waals surface area (Å²) >= 11 is 6.30. The minimum Gasteiger partial charge on any atom is -0.207 e. The van der Waals surface area contributed by atoms with Gasteiger partial charge in [-0.25, -0.2) is 4.39 Å². The van der Waals surface area contributed by atoms with Gasteiger partial charge in [-0.2, -0.15) is 5.26 Å². The van der Waals surface area contributed by atoms with Gasteiger partial charge in [0.1, 0.15) is 5.82 Å². The average Bonchev–Trinajstić information content (AvgIpc) is 2.15. The van der Waals surface area contributed by atoms with Crippen LogP contribution in [0.5, 0.6) is 0 Å². The molecule has 0 saturated carbocycles. The lowest BCUT2D eigenvalue weighted by molar-refractivity contribution is 0.628. The van der Waals surface area contributed by atoms with E-state index < -0.39 is 0 Å². The Morgan fingerprint density at radius 1 is 1.46 bits per heavy atom. The van der Waals surface area contributed by atoms with Crippen molar-refractivity contribution in [3.05, 3.63) is 35.6 Å². The van der Waals surface area contributed by atoms with E-state index in [-0.39, 0.29) is 5.82 Å².